The molecule has 0 saturated carbocycles. The van der Waals surface area contributed by atoms with E-state index in [1.165, 1.54) is 14.2 Å². The third-order valence-corrected chi connectivity index (χ3v) is 3.92. The van der Waals surface area contributed by atoms with Crippen molar-refractivity contribution in [2.75, 3.05) is 20.8 Å². The summed E-state index contributed by atoms with van der Waals surface area (Å²) in [5, 5.41) is 10.8. The van der Waals surface area contributed by atoms with Crippen molar-refractivity contribution in [1.82, 2.24) is 5.06 Å². The Hall–Kier alpha value is -3.12. The van der Waals surface area contributed by atoms with Crippen LogP contribution in [-0.2, 0) is 16.0 Å². The van der Waals surface area contributed by atoms with Gasteiger partial charge in [0, 0.05) is 5.56 Å². The molecule has 1 N–H and O–H groups in total. The van der Waals surface area contributed by atoms with Gasteiger partial charge in [-0.3, -0.25) is 10.0 Å². The van der Waals surface area contributed by atoms with Gasteiger partial charge in [0.1, 0.15) is 5.75 Å². The number of nitrogens with zero attached hydrogens (tertiary/aromatic N) is 1. The van der Waals surface area contributed by atoms with Crippen LogP contribution in [0.25, 0.3) is 5.57 Å². The number of rotatable bonds is 7. The normalized spacial score (nSPS) is 10.1. The van der Waals surface area contributed by atoms with E-state index in [2.05, 4.69) is 6.58 Å². The van der Waals surface area contributed by atoms with E-state index < -0.39 is 11.9 Å². The average molecular weight is 355 g/mol. The topological polar surface area (TPSA) is 76.1 Å². The Morgan fingerprint density at radius 3 is 2.54 bits per heavy atom. The molecule has 6 nitrogen and oxygen atoms in total. The highest BCUT2D eigenvalue weighted by molar-refractivity contribution is 6.16. The first-order valence-electron chi connectivity index (χ1n) is 7.98. The summed E-state index contributed by atoms with van der Waals surface area (Å²) in [7, 11) is 2.80. The highest BCUT2D eigenvalue weighted by Gasteiger charge is 2.17. The van der Waals surface area contributed by atoms with Gasteiger partial charge in [0.15, 0.2) is 0 Å². The number of carbonyl (C=O) groups is 2. The predicted molar refractivity (Wildman–Crippen MR) is 97.0 cm³/mol. The Bertz CT molecular complexity index is 815. The van der Waals surface area contributed by atoms with Crippen LogP contribution in [0.1, 0.15) is 21.5 Å². The summed E-state index contributed by atoms with van der Waals surface area (Å²) in [6.07, 6.45) is 0.346. The first-order chi connectivity index (χ1) is 12.5. The molecule has 136 valence electrons. The van der Waals surface area contributed by atoms with Gasteiger partial charge in [0.25, 0.3) is 5.91 Å². The molecule has 0 atom stereocenters. The number of hydroxylamine groups is 2. The van der Waals surface area contributed by atoms with Crippen molar-refractivity contribution in [3.8, 4) is 5.75 Å². The molecule has 0 fully saturated rings. The second kappa shape index (κ2) is 8.82. The molecular formula is C20H21NO5. The first-order valence-corrected chi connectivity index (χ1v) is 7.98. The molecule has 0 aliphatic carbocycles. The number of hydrogen-bond acceptors (Lipinski definition) is 5. The van der Waals surface area contributed by atoms with Crippen molar-refractivity contribution in [2.24, 2.45) is 0 Å². The summed E-state index contributed by atoms with van der Waals surface area (Å²) in [5.74, 6) is -0.525. The molecule has 0 unspecified atom stereocenters. The number of methoxy groups -OCH3 is 2. The molecule has 26 heavy (non-hydrogen) atoms. The quantitative estimate of drug-likeness (QED) is 0.358. The van der Waals surface area contributed by atoms with E-state index in [4.69, 9.17) is 9.47 Å². The lowest BCUT2D eigenvalue weighted by Crippen LogP contribution is -2.29. The third-order valence-electron chi connectivity index (χ3n) is 3.92. The van der Waals surface area contributed by atoms with Crippen LogP contribution in [0, 0.1) is 0 Å². The van der Waals surface area contributed by atoms with Crippen LogP contribution in [0.4, 0.5) is 0 Å². The summed E-state index contributed by atoms with van der Waals surface area (Å²) in [5.41, 5.74) is 1.95. The second-order valence-corrected chi connectivity index (χ2v) is 5.54. The van der Waals surface area contributed by atoms with Crippen LogP contribution < -0.4 is 4.74 Å². The lowest BCUT2D eigenvalue weighted by atomic mass is 9.98. The molecule has 0 heterocycles. The van der Waals surface area contributed by atoms with Gasteiger partial charge in [-0.15, -0.1) is 0 Å². The molecule has 0 aliphatic heterocycles. The number of esters is 1. The summed E-state index contributed by atoms with van der Waals surface area (Å²) < 4.78 is 9.78. The molecule has 2 rings (SSSR count). The molecule has 0 aromatic heterocycles. The van der Waals surface area contributed by atoms with Gasteiger partial charge in [-0.1, -0.05) is 36.9 Å². The monoisotopic (exact) mass is 355 g/mol. The maximum atomic E-state index is 12.3. The standard InChI is InChI=1S/C20H21NO5/c1-14(20(23)26-3)18-10-5-4-7-15(18)11-12-21(24)19(22)16-8-6-9-17(13-16)25-2/h4-10,13,24H,1,11-12H2,2-3H3. The molecule has 2 aromatic rings. The zero-order chi connectivity index (χ0) is 19.1. The van der Waals surface area contributed by atoms with E-state index >= 15 is 0 Å². The second-order valence-electron chi connectivity index (χ2n) is 5.54. The minimum Gasteiger partial charge on any atom is -0.497 e. The fourth-order valence-electron chi connectivity index (χ4n) is 2.50. The van der Waals surface area contributed by atoms with Crippen LogP contribution in [0.5, 0.6) is 5.75 Å². The molecule has 6 heteroatoms. The molecule has 0 spiro atoms. The van der Waals surface area contributed by atoms with E-state index in [0.717, 1.165) is 5.56 Å². The summed E-state index contributed by atoms with van der Waals surface area (Å²) >= 11 is 0. The summed E-state index contributed by atoms with van der Waals surface area (Å²) in [4.78, 5) is 24.0. The fourth-order valence-corrected chi connectivity index (χ4v) is 2.50. The molecule has 2 aromatic carbocycles. The zero-order valence-electron chi connectivity index (χ0n) is 14.8. The van der Waals surface area contributed by atoms with E-state index in [1.54, 1.807) is 36.4 Å². The summed E-state index contributed by atoms with van der Waals surface area (Å²) in [6.45, 7) is 3.81. The maximum Gasteiger partial charge on any atom is 0.337 e. The zero-order valence-corrected chi connectivity index (χ0v) is 14.8. The number of amides is 1. The highest BCUT2D eigenvalue weighted by atomic mass is 16.5. The van der Waals surface area contributed by atoms with E-state index in [1.807, 2.05) is 12.1 Å². The first kappa shape index (κ1) is 19.2. The van der Waals surface area contributed by atoms with Gasteiger partial charge in [-0.05, 0) is 35.7 Å². The van der Waals surface area contributed by atoms with Gasteiger partial charge in [0.05, 0.1) is 26.3 Å². The van der Waals surface area contributed by atoms with Gasteiger partial charge >= 0.3 is 5.97 Å². The van der Waals surface area contributed by atoms with Crippen molar-refractivity contribution in [2.45, 2.75) is 6.42 Å². The Kier molecular flexibility index (Phi) is 6.52. The Balaban J connectivity index is 2.10. The Labute approximate surface area is 152 Å². The lowest BCUT2D eigenvalue weighted by molar-refractivity contribution is -0.133. The van der Waals surface area contributed by atoms with E-state index in [-0.39, 0.29) is 12.1 Å². The summed E-state index contributed by atoms with van der Waals surface area (Å²) in [6, 6.07) is 13.7. The molecule has 0 bridgehead atoms. The Morgan fingerprint density at radius 1 is 1.12 bits per heavy atom. The average Bonchev–Trinajstić information content (AvgIpc) is 2.70. The van der Waals surface area contributed by atoms with Crippen LogP contribution >= 0.6 is 0 Å². The molecule has 0 saturated heterocycles. The number of carbonyl (C=O) groups excluding carboxylic acids is 2. The lowest BCUT2D eigenvalue weighted by Gasteiger charge is -2.17. The van der Waals surface area contributed by atoms with Crippen LogP contribution in [-0.4, -0.2) is 42.9 Å². The molecule has 0 aliphatic rings. The smallest absolute Gasteiger partial charge is 0.337 e. The van der Waals surface area contributed by atoms with Crippen molar-refractivity contribution in [1.29, 1.82) is 0 Å². The minimum atomic E-state index is -0.534. The van der Waals surface area contributed by atoms with Crippen molar-refractivity contribution < 1.29 is 24.3 Å². The number of hydrogen-bond donors (Lipinski definition) is 1. The highest BCUT2D eigenvalue weighted by Crippen LogP contribution is 2.20. The number of ether oxygens (including phenoxy) is 2. The SMILES string of the molecule is C=C(C(=O)OC)c1ccccc1CCN(O)C(=O)c1cccc(OC)c1. The maximum absolute atomic E-state index is 12.3. The molecule has 0 radical (unpaired) electrons. The van der Waals surface area contributed by atoms with Crippen LogP contribution in [0.15, 0.2) is 55.1 Å². The Morgan fingerprint density at radius 2 is 1.85 bits per heavy atom. The fraction of sp³-hybridized carbons (Fsp3) is 0.200. The molecular weight excluding hydrogens is 334 g/mol. The predicted octanol–water partition coefficient (Wildman–Crippen LogP) is 2.96. The largest absolute Gasteiger partial charge is 0.497 e. The van der Waals surface area contributed by atoms with Gasteiger partial charge in [0.2, 0.25) is 0 Å². The van der Waals surface area contributed by atoms with Crippen LogP contribution in [0.3, 0.4) is 0 Å². The number of benzene rings is 2. The van der Waals surface area contributed by atoms with Crippen molar-refractivity contribution in [3.05, 3.63) is 71.8 Å². The van der Waals surface area contributed by atoms with Gasteiger partial charge < -0.3 is 9.47 Å². The minimum absolute atomic E-state index is 0.0571. The molecule has 1 amide bonds. The van der Waals surface area contributed by atoms with Crippen molar-refractivity contribution >= 4 is 17.4 Å². The third kappa shape index (κ3) is 4.49. The van der Waals surface area contributed by atoms with E-state index in [0.29, 0.717) is 28.4 Å². The van der Waals surface area contributed by atoms with Crippen molar-refractivity contribution in [3.63, 3.8) is 0 Å². The van der Waals surface area contributed by atoms with Gasteiger partial charge in [-0.25, -0.2) is 9.86 Å². The van der Waals surface area contributed by atoms with Crippen LogP contribution in [0.2, 0.25) is 0 Å². The van der Waals surface area contributed by atoms with Gasteiger partial charge in [-0.2, -0.15) is 0 Å². The van der Waals surface area contributed by atoms with E-state index in [9.17, 15) is 14.8 Å².